The number of anilines is 3. The Morgan fingerprint density at radius 2 is 1.68 bits per heavy atom. The third-order valence-electron chi connectivity index (χ3n) is 4.65. The van der Waals surface area contributed by atoms with Crippen LogP contribution in [0.2, 0.25) is 0 Å². The van der Waals surface area contributed by atoms with Gasteiger partial charge in [0.15, 0.2) is 0 Å². The maximum absolute atomic E-state index is 14.3. The molecular weight excluding hydrogens is 469 g/mol. The van der Waals surface area contributed by atoms with E-state index in [-0.39, 0.29) is 29.1 Å². The van der Waals surface area contributed by atoms with Gasteiger partial charge in [-0.2, -0.15) is 18.2 Å². The Hall–Kier alpha value is -3.57. The van der Waals surface area contributed by atoms with Crippen molar-refractivity contribution in [3.63, 3.8) is 0 Å². The van der Waals surface area contributed by atoms with Gasteiger partial charge in [-0.05, 0) is 37.6 Å². The molecule has 34 heavy (non-hydrogen) atoms. The first-order valence-electron chi connectivity index (χ1n) is 10.00. The second-order valence-electron chi connectivity index (χ2n) is 7.28. The van der Waals surface area contributed by atoms with Crippen molar-refractivity contribution in [2.45, 2.75) is 38.8 Å². The van der Waals surface area contributed by atoms with Crippen molar-refractivity contribution < 1.29 is 35.5 Å². The molecule has 182 valence electrons. The molecule has 0 spiro atoms. The van der Waals surface area contributed by atoms with Crippen LogP contribution in [0.4, 0.5) is 48.2 Å². The summed E-state index contributed by atoms with van der Waals surface area (Å²) in [5.74, 6) is -1.88. The highest BCUT2D eigenvalue weighted by Gasteiger charge is 2.35. The van der Waals surface area contributed by atoms with Gasteiger partial charge in [-0.1, -0.05) is 25.1 Å². The molecule has 0 bridgehead atoms. The van der Waals surface area contributed by atoms with Crippen molar-refractivity contribution in [2.75, 3.05) is 10.6 Å². The van der Waals surface area contributed by atoms with Crippen LogP contribution in [-0.2, 0) is 6.18 Å². The number of halogens is 7. The second kappa shape index (κ2) is 9.74. The Balaban J connectivity index is 2.08. The number of benzene rings is 2. The van der Waals surface area contributed by atoms with E-state index in [1.54, 1.807) is 6.92 Å². The molecule has 0 saturated heterocycles. The van der Waals surface area contributed by atoms with Crippen molar-refractivity contribution in [1.29, 1.82) is 0 Å². The average molecular weight is 488 g/mol. The van der Waals surface area contributed by atoms with E-state index in [0.717, 1.165) is 24.3 Å². The highest BCUT2D eigenvalue weighted by molar-refractivity contribution is 5.70. The number of rotatable bonds is 7. The number of nitrogens with zero attached hydrogens (tertiary/aromatic N) is 2. The molecule has 2 aromatic carbocycles. The fourth-order valence-corrected chi connectivity index (χ4v) is 2.91. The van der Waals surface area contributed by atoms with Crippen LogP contribution in [0.3, 0.4) is 0 Å². The monoisotopic (exact) mass is 488 g/mol. The number of ether oxygens (including phenoxy) is 1. The van der Waals surface area contributed by atoms with Crippen molar-refractivity contribution >= 4 is 17.5 Å². The quantitative estimate of drug-likeness (QED) is 0.346. The molecule has 12 heteroatoms. The predicted molar refractivity (Wildman–Crippen MR) is 112 cm³/mol. The molecule has 3 aromatic rings. The van der Waals surface area contributed by atoms with Crippen LogP contribution in [0.15, 0.2) is 48.5 Å². The molecule has 3 rings (SSSR count). The summed E-state index contributed by atoms with van der Waals surface area (Å²) in [4.78, 5) is 8.36. The molecule has 5 nitrogen and oxygen atoms in total. The minimum absolute atomic E-state index is 0.0126. The van der Waals surface area contributed by atoms with Crippen molar-refractivity contribution in [3.8, 4) is 17.0 Å². The van der Waals surface area contributed by atoms with Crippen LogP contribution >= 0.6 is 0 Å². The highest BCUT2D eigenvalue weighted by atomic mass is 19.4. The lowest BCUT2D eigenvalue weighted by atomic mass is 10.1. The van der Waals surface area contributed by atoms with Gasteiger partial charge in [-0.3, -0.25) is 0 Å². The Labute approximate surface area is 190 Å². The minimum Gasteiger partial charge on any atom is -0.406 e. The zero-order valence-corrected chi connectivity index (χ0v) is 17.9. The summed E-state index contributed by atoms with van der Waals surface area (Å²) in [6.07, 6.45) is -9.11. The zero-order valence-electron chi connectivity index (χ0n) is 17.9. The van der Waals surface area contributed by atoms with Gasteiger partial charge < -0.3 is 15.4 Å². The summed E-state index contributed by atoms with van der Waals surface area (Å²) in [5, 5.41) is 5.30. The molecule has 0 fully saturated rings. The van der Waals surface area contributed by atoms with E-state index in [1.807, 2.05) is 6.92 Å². The summed E-state index contributed by atoms with van der Waals surface area (Å²) in [7, 11) is 0. The van der Waals surface area contributed by atoms with Crippen LogP contribution in [0.5, 0.6) is 5.75 Å². The maximum atomic E-state index is 14.3. The van der Waals surface area contributed by atoms with E-state index in [9.17, 15) is 30.7 Å². The van der Waals surface area contributed by atoms with Gasteiger partial charge in [0, 0.05) is 17.7 Å². The Morgan fingerprint density at radius 1 is 0.971 bits per heavy atom. The first-order chi connectivity index (χ1) is 15.9. The van der Waals surface area contributed by atoms with E-state index >= 15 is 0 Å². The maximum Gasteiger partial charge on any atom is 0.573 e. The van der Waals surface area contributed by atoms with Gasteiger partial charge >= 0.3 is 12.5 Å². The number of aromatic nitrogens is 2. The summed E-state index contributed by atoms with van der Waals surface area (Å²) in [6, 6.07) is 8.44. The first kappa shape index (κ1) is 25.1. The Bertz CT molecular complexity index is 1150. The molecule has 0 radical (unpaired) electrons. The fraction of sp³-hybridized carbons (Fsp3) is 0.273. The highest BCUT2D eigenvalue weighted by Crippen LogP contribution is 2.38. The van der Waals surface area contributed by atoms with Gasteiger partial charge in [0.05, 0.1) is 16.9 Å². The van der Waals surface area contributed by atoms with Crippen LogP contribution in [0.25, 0.3) is 11.3 Å². The number of alkyl halides is 6. The molecule has 1 heterocycles. The van der Waals surface area contributed by atoms with E-state index in [1.165, 1.54) is 18.2 Å². The van der Waals surface area contributed by atoms with E-state index in [2.05, 4.69) is 25.3 Å². The van der Waals surface area contributed by atoms with Crippen LogP contribution in [-0.4, -0.2) is 22.4 Å². The number of nitrogens with one attached hydrogen (secondary N) is 2. The fourth-order valence-electron chi connectivity index (χ4n) is 2.91. The van der Waals surface area contributed by atoms with E-state index < -0.39 is 35.4 Å². The molecule has 1 atom stereocenters. The lowest BCUT2D eigenvalue weighted by Crippen LogP contribution is -2.17. The van der Waals surface area contributed by atoms with Gasteiger partial charge in [0.25, 0.3) is 0 Å². The molecule has 0 aliphatic carbocycles. The van der Waals surface area contributed by atoms with Crippen molar-refractivity contribution in [1.82, 2.24) is 9.97 Å². The third-order valence-corrected chi connectivity index (χ3v) is 4.65. The topological polar surface area (TPSA) is 59.1 Å². The predicted octanol–water partition coefficient (Wildman–Crippen LogP) is 7.15. The van der Waals surface area contributed by atoms with E-state index in [4.69, 9.17) is 0 Å². The molecule has 0 amide bonds. The van der Waals surface area contributed by atoms with Gasteiger partial charge in [-0.15, -0.1) is 13.2 Å². The summed E-state index contributed by atoms with van der Waals surface area (Å²) >= 11 is 0. The standard InChI is InChI=1S/C22H19F7N4O/c1-3-12(2)30-20-31-17(13-6-4-7-14(10-13)34-22(27,28)29)11-18(33-20)32-19-15(21(24,25)26)8-5-9-16(19)23/h4-12H,3H2,1-2H3,(H2,30,31,32,33)/t12-/m0/s1. The van der Waals surface area contributed by atoms with Gasteiger partial charge in [0.1, 0.15) is 17.4 Å². The zero-order chi connectivity index (χ0) is 25.1. The SMILES string of the molecule is CC[C@H](C)Nc1nc(Nc2c(F)cccc2C(F)(F)F)cc(-c2cccc(OC(F)(F)F)c2)n1. The summed E-state index contributed by atoms with van der Waals surface area (Å²) < 4.78 is 96.2. The average Bonchev–Trinajstić information content (AvgIpc) is 2.73. The third kappa shape index (κ3) is 6.49. The first-order valence-corrected chi connectivity index (χ1v) is 10.00. The molecule has 0 saturated carbocycles. The molecule has 0 unspecified atom stereocenters. The molecule has 1 aromatic heterocycles. The smallest absolute Gasteiger partial charge is 0.406 e. The van der Waals surface area contributed by atoms with Crippen molar-refractivity contribution in [2.24, 2.45) is 0 Å². The van der Waals surface area contributed by atoms with Gasteiger partial charge in [0.2, 0.25) is 5.95 Å². The molecule has 2 N–H and O–H groups in total. The van der Waals surface area contributed by atoms with Crippen LogP contribution in [0.1, 0.15) is 25.8 Å². The molecule has 0 aliphatic heterocycles. The number of para-hydroxylation sites is 1. The lowest BCUT2D eigenvalue weighted by molar-refractivity contribution is -0.274. The summed E-state index contributed by atoms with van der Waals surface area (Å²) in [5.41, 5.74) is -1.85. The van der Waals surface area contributed by atoms with Gasteiger partial charge in [-0.25, -0.2) is 9.37 Å². The second-order valence-corrected chi connectivity index (χ2v) is 7.28. The number of hydrogen-bond acceptors (Lipinski definition) is 5. The van der Waals surface area contributed by atoms with E-state index in [0.29, 0.717) is 12.5 Å². The Kier molecular flexibility index (Phi) is 7.18. The van der Waals surface area contributed by atoms with Crippen molar-refractivity contribution in [3.05, 3.63) is 59.9 Å². The largest absolute Gasteiger partial charge is 0.573 e. The van der Waals surface area contributed by atoms with Crippen LogP contribution in [0, 0.1) is 5.82 Å². The summed E-state index contributed by atoms with van der Waals surface area (Å²) in [6.45, 7) is 3.67. The number of hydrogen-bond donors (Lipinski definition) is 2. The minimum atomic E-state index is -4.92. The van der Waals surface area contributed by atoms with Crippen LogP contribution < -0.4 is 15.4 Å². The molecule has 0 aliphatic rings. The molecular formula is C22H19F7N4O. The lowest BCUT2D eigenvalue weighted by Gasteiger charge is -2.17. The Morgan fingerprint density at radius 3 is 2.32 bits per heavy atom. The normalized spacial score (nSPS) is 12.9.